The minimum atomic E-state index is -1.72. The van der Waals surface area contributed by atoms with E-state index in [4.69, 9.17) is 15.0 Å². The molecule has 0 bridgehead atoms. The van der Waals surface area contributed by atoms with Crippen molar-refractivity contribution in [3.8, 4) is 22.6 Å². The fourth-order valence-corrected chi connectivity index (χ4v) is 4.00. The molecule has 2 saturated heterocycles. The van der Waals surface area contributed by atoms with Crippen LogP contribution in [0.4, 0.5) is 5.69 Å². The lowest BCUT2D eigenvalue weighted by Gasteiger charge is -2.26. The summed E-state index contributed by atoms with van der Waals surface area (Å²) in [6.45, 7) is 2.42. The molecule has 0 radical (unpaired) electrons. The number of amides is 2. The maximum Gasteiger partial charge on any atom is 0.269 e. The number of hydrogen-bond acceptors (Lipinski definition) is 9. The Morgan fingerprint density at radius 1 is 1.32 bits per heavy atom. The molecule has 3 aromatic rings. The lowest BCUT2D eigenvalue weighted by molar-refractivity contribution is -0.144. The highest BCUT2D eigenvalue weighted by atomic mass is 16.5. The summed E-state index contributed by atoms with van der Waals surface area (Å²) in [5.41, 5.74) is 6.18. The molecule has 0 aliphatic carbocycles. The Bertz CT molecular complexity index is 1260. The van der Waals surface area contributed by atoms with Crippen molar-refractivity contribution in [2.24, 2.45) is 11.7 Å². The molecule has 34 heavy (non-hydrogen) atoms. The van der Waals surface area contributed by atoms with Gasteiger partial charge in [0.05, 0.1) is 25.1 Å². The van der Waals surface area contributed by atoms with Crippen LogP contribution in [-0.4, -0.2) is 70.3 Å². The Morgan fingerprint density at radius 2 is 2.12 bits per heavy atom. The van der Waals surface area contributed by atoms with E-state index in [0.29, 0.717) is 60.6 Å². The number of rotatable bonds is 7. The van der Waals surface area contributed by atoms with Gasteiger partial charge in [0.2, 0.25) is 5.60 Å². The summed E-state index contributed by atoms with van der Waals surface area (Å²) >= 11 is 0. The van der Waals surface area contributed by atoms with Crippen molar-refractivity contribution in [1.82, 2.24) is 20.0 Å². The predicted octanol–water partition coefficient (Wildman–Crippen LogP) is 1.01. The molecule has 2 amide bonds. The van der Waals surface area contributed by atoms with Gasteiger partial charge in [-0.25, -0.2) is 9.97 Å². The van der Waals surface area contributed by atoms with Gasteiger partial charge in [-0.15, -0.1) is 0 Å². The Kier molecular flexibility index (Phi) is 5.50. The third-order valence-electron chi connectivity index (χ3n) is 6.15. The van der Waals surface area contributed by atoms with Crippen LogP contribution in [0.25, 0.3) is 22.6 Å². The van der Waals surface area contributed by atoms with E-state index in [1.807, 2.05) is 6.07 Å². The number of nitrogens with one attached hydrogen (secondary N) is 1. The molecule has 0 saturated carbocycles. The van der Waals surface area contributed by atoms with Crippen LogP contribution in [0.2, 0.25) is 0 Å². The van der Waals surface area contributed by atoms with Gasteiger partial charge in [0.15, 0.2) is 17.3 Å². The van der Waals surface area contributed by atoms with Gasteiger partial charge in [-0.2, -0.15) is 0 Å². The van der Waals surface area contributed by atoms with E-state index in [1.165, 1.54) is 4.90 Å². The third-order valence-corrected chi connectivity index (χ3v) is 6.15. The zero-order valence-electron chi connectivity index (χ0n) is 18.5. The molecule has 2 fully saturated rings. The highest BCUT2D eigenvalue weighted by molar-refractivity contribution is 5.96. The number of ether oxygens (including phenoxy) is 1. The van der Waals surface area contributed by atoms with Crippen molar-refractivity contribution in [1.29, 1.82) is 0 Å². The van der Waals surface area contributed by atoms with Crippen molar-refractivity contribution >= 4 is 17.5 Å². The Hall–Kier alpha value is -3.83. The first-order valence-electron chi connectivity index (χ1n) is 10.9. The summed E-state index contributed by atoms with van der Waals surface area (Å²) in [5, 5.41) is 18.0. The first kappa shape index (κ1) is 22.0. The summed E-state index contributed by atoms with van der Waals surface area (Å²) in [6, 6.07) is 8.74. The second-order valence-corrected chi connectivity index (χ2v) is 8.60. The van der Waals surface area contributed by atoms with Crippen LogP contribution in [0.1, 0.15) is 22.7 Å². The van der Waals surface area contributed by atoms with Crippen molar-refractivity contribution in [3.05, 3.63) is 48.0 Å². The number of nitrogens with two attached hydrogens (primary N) is 1. The average molecular weight is 464 g/mol. The van der Waals surface area contributed by atoms with Gasteiger partial charge in [-0.05, 0) is 6.07 Å². The molecule has 5 rings (SSSR count). The van der Waals surface area contributed by atoms with Crippen LogP contribution in [0.3, 0.4) is 0 Å². The molecular formula is C23H24N6O5. The van der Waals surface area contributed by atoms with Crippen LogP contribution in [-0.2, 0) is 15.1 Å². The third kappa shape index (κ3) is 3.88. The molecule has 11 nitrogen and oxygen atoms in total. The predicted molar refractivity (Wildman–Crippen MR) is 120 cm³/mol. The van der Waals surface area contributed by atoms with Gasteiger partial charge in [-0.1, -0.05) is 23.4 Å². The standard InChI is InChI=1S/C23H24N6O5/c1-29-6-5-23(32,22(29)31)18-8-16(28-34-18)14-3-2-4-15(7-14)21-26-10-17(19(27-21)20(24)30)25-9-13-11-33-12-13/h2-4,7-8,10,13,25,32H,5-6,9,11-12H2,1H3,(H2,24,30). The van der Waals surface area contributed by atoms with Crippen LogP contribution in [0.5, 0.6) is 0 Å². The quantitative estimate of drug-likeness (QED) is 0.464. The van der Waals surface area contributed by atoms with Crippen molar-refractivity contribution in [2.45, 2.75) is 12.0 Å². The number of aromatic nitrogens is 3. The minimum Gasteiger partial charge on any atom is -0.381 e. The number of primary amides is 1. The zero-order valence-corrected chi connectivity index (χ0v) is 18.5. The number of benzene rings is 1. The van der Waals surface area contributed by atoms with Gasteiger partial charge in [0.25, 0.3) is 11.8 Å². The molecule has 2 aromatic heterocycles. The number of hydrogen-bond donors (Lipinski definition) is 3. The minimum absolute atomic E-state index is 0.0989. The summed E-state index contributed by atoms with van der Waals surface area (Å²) < 4.78 is 10.5. The van der Waals surface area contributed by atoms with Crippen molar-refractivity contribution in [2.75, 3.05) is 38.7 Å². The van der Waals surface area contributed by atoms with Gasteiger partial charge in [0.1, 0.15) is 5.69 Å². The molecular weight excluding hydrogens is 440 g/mol. The Balaban J connectivity index is 1.41. The molecule has 1 aromatic carbocycles. The molecule has 2 aliphatic rings. The Morgan fingerprint density at radius 3 is 2.79 bits per heavy atom. The van der Waals surface area contributed by atoms with Crippen LogP contribution < -0.4 is 11.1 Å². The number of anilines is 1. The Labute approximate surface area is 194 Å². The highest BCUT2D eigenvalue weighted by Gasteiger charge is 2.48. The van der Waals surface area contributed by atoms with Crippen LogP contribution >= 0.6 is 0 Å². The number of likely N-dealkylation sites (tertiary alicyclic amines) is 1. The number of nitrogens with zero attached hydrogens (tertiary/aromatic N) is 4. The molecule has 2 aliphatic heterocycles. The SMILES string of the molecule is CN1CCC(O)(c2cc(-c3cccc(-c4ncc(NCC5COC5)c(C(N)=O)n4)c3)no2)C1=O. The van der Waals surface area contributed by atoms with E-state index in [9.17, 15) is 14.7 Å². The molecule has 1 atom stereocenters. The lowest BCUT2D eigenvalue weighted by atomic mass is 9.98. The van der Waals surface area contributed by atoms with Gasteiger partial charge in [0, 0.05) is 49.7 Å². The molecule has 1 unspecified atom stereocenters. The topological polar surface area (TPSA) is 157 Å². The summed E-state index contributed by atoms with van der Waals surface area (Å²) in [6.07, 6.45) is 1.77. The molecule has 11 heteroatoms. The number of carbonyl (C=O) groups is 2. The fourth-order valence-electron chi connectivity index (χ4n) is 4.00. The second kappa shape index (κ2) is 8.50. The van der Waals surface area contributed by atoms with Crippen molar-refractivity contribution in [3.63, 3.8) is 0 Å². The van der Waals surface area contributed by atoms with E-state index in [1.54, 1.807) is 37.5 Å². The normalized spacial score (nSPS) is 20.4. The van der Waals surface area contributed by atoms with E-state index in [-0.39, 0.29) is 17.9 Å². The number of aliphatic hydroxyl groups is 1. The van der Waals surface area contributed by atoms with Gasteiger partial charge < -0.3 is 30.3 Å². The van der Waals surface area contributed by atoms with Crippen LogP contribution in [0, 0.1) is 5.92 Å². The van der Waals surface area contributed by atoms with E-state index in [0.717, 1.165) is 0 Å². The molecule has 0 spiro atoms. The average Bonchev–Trinajstić information content (AvgIpc) is 3.41. The van der Waals surface area contributed by atoms with E-state index >= 15 is 0 Å². The zero-order chi connectivity index (χ0) is 23.9. The second-order valence-electron chi connectivity index (χ2n) is 8.60. The van der Waals surface area contributed by atoms with Gasteiger partial charge >= 0.3 is 0 Å². The maximum atomic E-state index is 12.4. The van der Waals surface area contributed by atoms with Crippen molar-refractivity contribution < 1.29 is 24.0 Å². The molecule has 4 heterocycles. The molecule has 176 valence electrons. The summed E-state index contributed by atoms with van der Waals surface area (Å²) in [4.78, 5) is 34.6. The fraction of sp³-hybridized carbons (Fsp3) is 0.348. The van der Waals surface area contributed by atoms with E-state index in [2.05, 4.69) is 20.4 Å². The monoisotopic (exact) mass is 464 g/mol. The van der Waals surface area contributed by atoms with Crippen LogP contribution in [0.15, 0.2) is 41.1 Å². The largest absolute Gasteiger partial charge is 0.381 e. The number of carbonyl (C=O) groups excluding carboxylic acids is 2. The smallest absolute Gasteiger partial charge is 0.269 e. The van der Waals surface area contributed by atoms with Gasteiger partial charge in [-0.3, -0.25) is 9.59 Å². The lowest BCUT2D eigenvalue weighted by Crippen LogP contribution is -2.35. The summed E-state index contributed by atoms with van der Waals surface area (Å²) in [5.74, 6) is -0.282. The maximum absolute atomic E-state index is 12.4. The first-order chi connectivity index (χ1) is 16.3. The molecule has 4 N–H and O–H groups in total. The van der Waals surface area contributed by atoms with E-state index < -0.39 is 17.4 Å². The summed E-state index contributed by atoms with van der Waals surface area (Å²) in [7, 11) is 1.63. The highest BCUT2D eigenvalue weighted by Crippen LogP contribution is 2.35. The number of likely N-dealkylation sites (N-methyl/N-ethyl adjacent to an activating group) is 1. The first-order valence-corrected chi connectivity index (χ1v) is 10.9.